The first-order valence-electron chi connectivity index (χ1n) is 10.1. The third-order valence-electron chi connectivity index (χ3n) is 4.80. The molecule has 9 heteroatoms. The van der Waals surface area contributed by atoms with Gasteiger partial charge in [-0.2, -0.15) is 0 Å². The number of hydrogen-bond acceptors (Lipinski definition) is 7. The molecule has 0 atom stereocenters. The van der Waals surface area contributed by atoms with Crippen molar-refractivity contribution >= 4 is 28.2 Å². The summed E-state index contributed by atoms with van der Waals surface area (Å²) in [6.45, 7) is 4.54. The van der Waals surface area contributed by atoms with E-state index >= 15 is 0 Å². The summed E-state index contributed by atoms with van der Waals surface area (Å²) in [5, 5.41) is 16.9. The molecule has 4 rings (SSSR count). The molecule has 0 spiro atoms. The summed E-state index contributed by atoms with van der Waals surface area (Å²) in [7, 11) is 0. The van der Waals surface area contributed by atoms with Crippen molar-refractivity contribution in [3.8, 4) is 22.5 Å². The van der Waals surface area contributed by atoms with Gasteiger partial charge < -0.3 is 10.1 Å². The topological polar surface area (TPSA) is 99.0 Å². The minimum atomic E-state index is -0.473. The fraction of sp³-hybridized carbons (Fsp3) is 0.174. The molecule has 0 aliphatic heterocycles. The van der Waals surface area contributed by atoms with Gasteiger partial charge in [0.25, 0.3) is 5.91 Å². The zero-order chi connectivity index (χ0) is 22.5. The maximum absolute atomic E-state index is 13.1. The number of anilines is 1. The molecule has 0 fully saturated rings. The molecule has 4 aromatic rings. The van der Waals surface area contributed by atoms with E-state index in [0.29, 0.717) is 28.5 Å². The highest BCUT2D eigenvalue weighted by molar-refractivity contribution is 7.15. The van der Waals surface area contributed by atoms with Gasteiger partial charge in [-0.15, -0.1) is 16.4 Å². The van der Waals surface area contributed by atoms with E-state index in [1.54, 1.807) is 29.8 Å². The highest BCUT2D eigenvalue weighted by atomic mass is 32.1. The van der Waals surface area contributed by atoms with Gasteiger partial charge in [-0.3, -0.25) is 4.79 Å². The average molecular weight is 448 g/mol. The number of aryl methyl sites for hydroxylation is 1. The van der Waals surface area contributed by atoms with Crippen LogP contribution in [-0.4, -0.2) is 38.7 Å². The number of nitrogens with one attached hydrogen (secondary N) is 1. The van der Waals surface area contributed by atoms with Crippen LogP contribution in [-0.2, 0) is 11.3 Å². The van der Waals surface area contributed by atoms with Gasteiger partial charge in [-0.1, -0.05) is 42.5 Å². The second-order valence-electron chi connectivity index (χ2n) is 6.79. The van der Waals surface area contributed by atoms with Crippen LogP contribution in [0.5, 0.6) is 0 Å². The van der Waals surface area contributed by atoms with E-state index in [4.69, 9.17) is 4.74 Å². The number of aromatic nitrogens is 4. The normalized spacial score (nSPS) is 10.7. The summed E-state index contributed by atoms with van der Waals surface area (Å²) in [5.74, 6) is -0.231. The maximum atomic E-state index is 13.1. The number of carbonyl (C=O) groups excluding carboxylic acids is 2. The molecule has 2 heterocycles. The lowest BCUT2D eigenvalue weighted by Crippen LogP contribution is -2.15. The Bertz CT molecular complexity index is 1250. The third-order valence-corrected chi connectivity index (χ3v) is 5.69. The Morgan fingerprint density at radius 1 is 1.06 bits per heavy atom. The molecular formula is C23H21N5O3S. The minimum absolute atomic E-state index is 0.241. The van der Waals surface area contributed by atoms with Crippen LogP contribution in [0.4, 0.5) is 5.00 Å². The van der Waals surface area contributed by atoms with Crippen LogP contribution in [0.1, 0.15) is 34.6 Å². The van der Waals surface area contributed by atoms with Crippen LogP contribution in [0.2, 0.25) is 0 Å². The van der Waals surface area contributed by atoms with E-state index in [2.05, 4.69) is 20.8 Å². The van der Waals surface area contributed by atoms with Gasteiger partial charge in [-0.25, -0.2) is 9.48 Å². The van der Waals surface area contributed by atoms with Crippen molar-refractivity contribution in [3.05, 3.63) is 71.1 Å². The van der Waals surface area contributed by atoms with E-state index in [0.717, 1.165) is 16.7 Å². The number of ether oxygens (including phenoxy) is 1. The zero-order valence-electron chi connectivity index (χ0n) is 17.6. The van der Waals surface area contributed by atoms with Crippen LogP contribution in [0.25, 0.3) is 22.5 Å². The van der Waals surface area contributed by atoms with Crippen molar-refractivity contribution in [2.75, 3.05) is 11.9 Å². The Morgan fingerprint density at radius 3 is 2.59 bits per heavy atom. The molecule has 1 amide bonds. The summed E-state index contributed by atoms with van der Waals surface area (Å²) in [5.41, 5.74) is 3.10. The van der Waals surface area contributed by atoms with Gasteiger partial charge in [0.2, 0.25) is 0 Å². The number of nitrogens with zero attached hydrogens (tertiary/aromatic N) is 4. The van der Waals surface area contributed by atoms with Crippen molar-refractivity contribution in [1.29, 1.82) is 0 Å². The Hall–Kier alpha value is -3.85. The lowest BCUT2D eigenvalue weighted by atomic mass is 10.0. The summed E-state index contributed by atoms with van der Waals surface area (Å²) < 4.78 is 6.92. The first-order valence-corrected chi connectivity index (χ1v) is 11.0. The molecule has 162 valence electrons. The van der Waals surface area contributed by atoms with Crippen molar-refractivity contribution < 1.29 is 14.3 Å². The van der Waals surface area contributed by atoms with Crippen molar-refractivity contribution in [2.45, 2.75) is 20.4 Å². The number of amides is 1. The van der Waals surface area contributed by atoms with Crippen LogP contribution in [0, 0.1) is 0 Å². The standard InChI is InChI=1S/C23H21N5O3S/c1-3-28-20(25-26-27-28)16-11-8-12-17(13-16)21(29)24-22-19(23(30)31-4-2)18(14-32-22)15-9-6-5-7-10-15/h5-14H,3-4H2,1-2H3,(H,24,29). The quantitative estimate of drug-likeness (QED) is 0.418. The molecule has 0 saturated heterocycles. The lowest BCUT2D eigenvalue weighted by molar-refractivity contribution is 0.0529. The summed E-state index contributed by atoms with van der Waals surface area (Å²) >= 11 is 1.29. The van der Waals surface area contributed by atoms with Gasteiger partial charge in [0.1, 0.15) is 10.6 Å². The smallest absolute Gasteiger partial charge is 0.341 e. The van der Waals surface area contributed by atoms with Gasteiger partial charge in [0.15, 0.2) is 5.82 Å². The minimum Gasteiger partial charge on any atom is -0.462 e. The van der Waals surface area contributed by atoms with E-state index in [1.165, 1.54) is 11.3 Å². The number of benzene rings is 2. The number of thiophene rings is 1. The molecule has 0 saturated carbocycles. The Kier molecular flexibility index (Phi) is 6.37. The monoisotopic (exact) mass is 447 g/mol. The number of esters is 1. The highest BCUT2D eigenvalue weighted by Gasteiger charge is 2.23. The van der Waals surface area contributed by atoms with Gasteiger partial charge in [0, 0.05) is 28.6 Å². The molecule has 0 bridgehead atoms. The Labute approximate surface area is 188 Å². The molecule has 2 aromatic carbocycles. The van der Waals surface area contributed by atoms with E-state index in [9.17, 15) is 9.59 Å². The number of carbonyl (C=O) groups is 2. The number of hydrogen-bond donors (Lipinski definition) is 1. The molecule has 0 aliphatic carbocycles. The van der Waals surface area contributed by atoms with Crippen molar-refractivity contribution in [1.82, 2.24) is 20.2 Å². The van der Waals surface area contributed by atoms with Crippen molar-refractivity contribution in [2.24, 2.45) is 0 Å². The predicted molar refractivity (Wildman–Crippen MR) is 123 cm³/mol. The Morgan fingerprint density at radius 2 is 1.84 bits per heavy atom. The maximum Gasteiger partial charge on any atom is 0.341 e. The van der Waals surface area contributed by atoms with Gasteiger partial charge in [-0.05, 0) is 42.0 Å². The van der Waals surface area contributed by atoms with Crippen LogP contribution < -0.4 is 5.32 Å². The lowest BCUT2D eigenvalue weighted by Gasteiger charge is -2.09. The SMILES string of the molecule is CCOC(=O)c1c(-c2ccccc2)csc1NC(=O)c1cccc(-c2nnnn2CC)c1. The van der Waals surface area contributed by atoms with E-state index in [1.807, 2.05) is 48.7 Å². The zero-order valence-corrected chi connectivity index (χ0v) is 18.4. The molecular weight excluding hydrogens is 426 g/mol. The Balaban J connectivity index is 1.66. The second-order valence-corrected chi connectivity index (χ2v) is 7.67. The number of tetrazole rings is 1. The van der Waals surface area contributed by atoms with Gasteiger partial charge in [0.05, 0.1) is 6.61 Å². The second kappa shape index (κ2) is 9.52. The first kappa shape index (κ1) is 21.4. The number of rotatable bonds is 7. The van der Waals surface area contributed by atoms with Crippen molar-refractivity contribution in [3.63, 3.8) is 0 Å². The first-order chi connectivity index (χ1) is 15.6. The van der Waals surface area contributed by atoms with E-state index in [-0.39, 0.29) is 12.5 Å². The fourth-order valence-corrected chi connectivity index (χ4v) is 4.24. The third kappa shape index (κ3) is 4.28. The molecule has 8 nitrogen and oxygen atoms in total. The van der Waals surface area contributed by atoms with Crippen LogP contribution >= 0.6 is 11.3 Å². The largest absolute Gasteiger partial charge is 0.462 e. The summed E-state index contributed by atoms with van der Waals surface area (Å²) in [6, 6.07) is 16.6. The molecule has 0 unspecified atom stereocenters. The fourth-order valence-electron chi connectivity index (χ4n) is 3.29. The summed E-state index contributed by atoms with van der Waals surface area (Å²) in [4.78, 5) is 25.8. The van der Waals surface area contributed by atoms with E-state index < -0.39 is 5.97 Å². The highest BCUT2D eigenvalue weighted by Crippen LogP contribution is 2.36. The van der Waals surface area contributed by atoms with Gasteiger partial charge >= 0.3 is 5.97 Å². The summed E-state index contributed by atoms with van der Waals surface area (Å²) in [6.07, 6.45) is 0. The average Bonchev–Trinajstić information content (AvgIpc) is 3.47. The molecule has 0 radical (unpaired) electrons. The molecule has 0 aliphatic rings. The molecule has 32 heavy (non-hydrogen) atoms. The van der Waals surface area contributed by atoms with Crippen LogP contribution in [0.3, 0.4) is 0 Å². The van der Waals surface area contributed by atoms with Crippen LogP contribution in [0.15, 0.2) is 60.0 Å². The molecule has 2 aromatic heterocycles. The predicted octanol–water partition coefficient (Wildman–Crippen LogP) is 4.52. The molecule has 1 N–H and O–H groups in total.